The Labute approximate surface area is 429 Å². The molecule has 0 aliphatic rings. The molecule has 0 unspecified atom stereocenters. The molecule has 10 aromatic rings. The lowest BCUT2D eigenvalue weighted by Gasteiger charge is -2.11. The van der Waals surface area contributed by atoms with Gasteiger partial charge in [0.05, 0.1) is 89.9 Å². The Morgan fingerprint density at radius 2 is 0.757 bits per heavy atom. The van der Waals surface area contributed by atoms with Crippen LogP contribution in [0.5, 0.6) is 11.8 Å². The predicted octanol–water partition coefficient (Wildman–Crippen LogP) is 16.8. The van der Waals surface area contributed by atoms with E-state index in [9.17, 15) is 17.6 Å². The molecule has 0 radical (unpaired) electrons. The van der Waals surface area contributed by atoms with E-state index in [-0.39, 0.29) is 23.3 Å². The van der Waals surface area contributed by atoms with Gasteiger partial charge in [0, 0.05) is 46.2 Å². The summed E-state index contributed by atoms with van der Waals surface area (Å²) in [6, 6.07) is 28.7. The molecule has 0 spiro atoms. The van der Waals surface area contributed by atoms with Gasteiger partial charge in [-0.15, -0.1) is 0 Å². The zero-order chi connectivity index (χ0) is 50.6. The van der Waals surface area contributed by atoms with Crippen LogP contribution < -0.4 is 9.47 Å². The Kier molecular flexibility index (Phi) is 16.5. The van der Waals surface area contributed by atoms with Crippen molar-refractivity contribution in [2.45, 2.75) is 27.7 Å². The van der Waals surface area contributed by atoms with Gasteiger partial charge in [-0.2, -0.15) is 0 Å². The van der Waals surface area contributed by atoms with Crippen LogP contribution in [0.25, 0.3) is 66.4 Å². The number of methoxy groups -OCH3 is 2. The summed E-state index contributed by atoms with van der Waals surface area (Å²) in [5.74, 6) is -0.466. The van der Waals surface area contributed by atoms with Gasteiger partial charge in [0.1, 0.15) is 33.6 Å². The van der Waals surface area contributed by atoms with Crippen LogP contribution in [-0.2, 0) is 0 Å². The number of hydrogen-bond acceptors (Lipinski definition) is 8. The second-order valence-corrected chi connectivity index (χ2v) is 17.4. The van der Waals surface area contributed by atoms with E-state index in [4.69, 9.17) is 79.1 Å². The molecule has 0 aliphatic carbocycles. The first-order valence-electron chi connectivity index (χ1n) is 20.7. The van der Waals surface area contributed by atoms with Crippen molar-refractivity contribution in [2.75, 3.05) is 14.2 Å². The lowest BCUT2D eigenvalue weighted by molar-refractivity contribution is 0.398. The van der Waals surface area contributed by atoms with E-state index < -0.39 is 0 Å². The van der Waals surface area contributed by atoms with Crippen LogP contribution in [0.4, 0.5) is 17.6 Å². The number of benzene rings is 4. The topological polar surface area (TPSA) is 95.8 Å². The Hall–Kier alpha value is -6.12. The molecule has 0 saturated carbocycles. The van der Waals surface area contributed by atoms with E-state index in [0.29, 0.717) is 114 Å². The summed E-state index contributed by atoms with van der Waals surface area (Å²) in [4.78, 5) is 25.8. The number of fused-ring (bicyclic) bond motifs is 4. The molecule has 6 aromatic heterocycles. The third kappa shape index (κ3) is 11.1. The van der Waals surface area contributed by atoms with Gasteiger partial charge < -0.3 is 9.47 Å². The van der Waals surface area contributed by atoms with E-state index in [1.807, 2.05) is 31.2 Å². The van der Waals surface area contributed by atoms with Gasteiger partial charge in [-0.3, -0.25) is 0 Å². The van der Waals surface area contributed by atoms with Gasteiger partial charge in [0.25, 0.3) is 0 Å². The van der Waals surface area contributed by atoms with E-state index in [1.165, 1.54) is 36.4 Å². The second-order valence-electron chi connectivity index (χ2n) is 15.2. The molecule has 0 bridgehead atoms. The van der Waals surface area contributed by atoms with Gasteiger partial charge in [-0.1, -0.05) is 93.9 Å². The van der Waals surface area contributed by atoms with Crippen molar-refractivity contribution in [1.29, 1.82) is 0 Å². The van der Waals surface area contributed by atoms with Crippen LogP contribution in [0.1, 0.15) is 22.3 Å². The van der Waals surface area contributed by atoms with Gasteiger partial charge >= 0.3 is 0 Å². The summed E-state index contributed by atoms with van der Waals surface area (Å²) in [7, 11) is 3.10. The average molecular weight is 1070 g/mol. The van der Waals surface area contributed by atoms with Crippen LogP contribution >= 0.6 is 69.6 Å². The van der Waals surface area contributed by atoms with Gasteiger partial charge in [-0.05, 0) is 99.5 Å². The van der Waals surface area contributed by atoms with Crippen molar-refractivity contribution in [1.82, 2.24) is 29.9 Å². The third-order valence-corrected chi connectivity index (χ3v) is 13.4. The Balaban J connectivity index is 0.000000140. The maximum absolute atomic E-state index is 13.9. The highest BCUT2D eigenvalue weighted by Gasteiger charge is 2.17. The van der Waals surface area contributed by atoms with Crippen LogP contribution in [-0.4, -0.2) is 44.1 Å². The largest absolute Gasteiger partial charge is 0.481 e. The quantitative estimate of drug-likeness (QED) is 0.127. The fourth-order valence-electron chi connectivity index (χ4n) is 6.99. The van der Waals surface area contributed by atoms with Crippen molar-refractivity contribution in [2.24, 2.45) is 0 Å². The van der Waals surface area contributed by atoms with Gasteiger partial charge in [0.2, 0.25) is 11.8 Å². The maximum atomic E-state index is 13.9. The molecule has 0 amide bonds. The number of pyridine rings is 6. The number of nitrogens with zero attached hydrogens (tertiary/aromatic N) is 6. The molecule has 10 rings (SSSR count). The molecule has 0 N–H and O–H groups in total. The van der Waals surface area contributed by atoms with Gasteiger partial charge in [-0.25, -0.2) is 47.5 Å². The Morgan fingerprint density at radius 1 is 0.386 bits per heavy atom. The summed E-state index contributed by atoms with van der Waals surface area (Å²) in [5, 5.41) is 4.51. The molecule has 8 nitrogen and oxygen atoms in total. The Morgan fingerprint density at radius 3 is 1.24 bits per heavy atom. The molecule has 0 saturated heterocycles. The lowest BCUT2D eigenvalue weighted by Crippen LogP contribution is -1.97. The van der Waals surface area contributed by atoms with Crippen LogP contribution in [0, 0.1) is 51.0 Å². The molecule has 0 atom stereocenters. The van der Waals surface area contributed by atoms with Gasteiger partial charge in [0.15, 0.2) is 0 Å². The summed E-state index contributed by atoms with van der Waals surface area (Å²) < 4.78 is 63.8. The number of ether oxygens (including phenoxy) is 2. The minimum absolute atomic E-state index is 0.313. The first-order chi connectivity index (χ1) is 33.4. The van der Waals surface area contributed by atoms with E-state index in [2.05, 4.69) is 29.9 Å². The van der Waals surface area contributed by atoms with Crippen molar-refractivity contribution in [3.8, 4) is 34.5 Å². The third-order valence-electron chi connectivity index (χ3n) is 10.7. The first kappa shape index (κ1) is 51.7. The molecule has 70 heavy (non-hydrogen) atoms. The Bertz CT molecular complexity index is 3560. The molecule has 356 valence electrons. The standard InChI is InChI=1S/2C16H12ClFN2O.2C10H6Cl2FN/c1-9-15(17)14-10(18)5-3-6-11(14)20-16(9)12-7-4-8-13(19-12)21-2;1-9-15(17)11-7-6-10(18)8-13(11)20-16(9)12-4-3-5-14(19-12)21-2;1-5-9(11)7-3-2-6(13)4-8(7)14-10(5)12;1-5-9(11)8-6(13)3-2-4-7(8)14-10(5)12/h2*3-8H,1-2H3;2*2-4H,1H3. The molecule has 0 fully saturated rings. The molecular weight excluding hydrogens is 1030 g/mol. The fourth-order valence-corrected chi connectivity index (χ4v) is 8.51. The number of aromatic nitrogens is 6. The van der Waals surface area contributed by atoms with Crippen LogP contribution in [0.15, 0.2) is 109 Å². The minimum atomic E-state index is -0.377. The maximum Gasteiger partial charge on any atom is 0.213 e. The van der Waals surface area contributed by atoms with Crippen molar-refractivity contribution >= 4 is 113 Å². The SMILES string of the molecule is COc1cccc(-c2nc3cc(F)ccc3c(Cl)c2C)n1.COc1cccc(-c2nc3cccc(F)c3c(Cl)c2C)n1.Cc1c(Cl)nc2cc(F)ccc2c1Cl.Cc1c(Cl)nc2cccc(F)c2c1Cl. The average Bonchev–Trinajstić information content (AvgIpc) is 3.35. The second kappa shape index (κ2) is 22.3. The predicted molar refractivity (Wildman–Crippen MR) is 275 cm³/mol. The zero-order valence-electron chi connectivity index (χ0n) is 37.7. The van der Waals surface area contributed by atoms with E-state index in [0.717, 1.165) is 16.3 Å². The summed E-state index contributed by atoms with van der Waals surface area (Å²) in [6.07, 6.45) is 0. The summed E-state index contributed by atoms with van der Waals surface area (Å²) in [5.41, 5.74) is 7.30. The highest BCUT2D eigenvalue weighted by molar-refractivity contribution is 6.40. The lowest BCUT2D eigenvalue weighted by atomic mass is 10.1. The number of hydrogen-bond donors (Lipinski definition) is 0. The first-order valence-corrected chi connectivity index (χ1v) is 23.0. The smallest absolute Gasteiger partial charge is 0.213 e. The van der Waals surface area contributed by atoms with Crippen molar-refractivity contribution in [3.63, 3.8) is 0 Å². The molecular formula is C52H36Cl6F4N6O2. The molecule has 6 heterocycles. The van der Waals surface area contributed by atoms with Crippen molar-refractivity contribution in [3.05, 3.63) is 185 Å². The molecule has 18 heteroatoms. The highest BCUT2D eigenvalue weighted by Crippen LogP contribution is 2.36. The summed E-state index contributed by atoms with van der Waals surface area (Å²) in [6.45, 7) is 7.16. The molecule has 4 aromatic carbocycles. The highest BCUT2D eigenvalue weighted by atomic mass is 35.5. The normalized spacial score (nSPS) is 10.9. The fraction of sp³-hybridized carbons (Fsp3) is 0.115. The van der Waals surface area contributed by atoms with Crippen LogP contribution in [0.3, 0.4) is 0 Å². The summed E-state index contributed by atoms with van der Waals surface area (Å²) >= 11 is 36.4. The number of rotatable bonds is 4. The molecule has 0 aliphatic heterocycles. The van der Waals surface area contributed by atoms with Crippen LogP contribution in [0.2, 0.25) is 30.4 Å². The monoisotopic (exact) mass is 1060 g/mol. The minimum Gasteiger partial charge on any atom is -0.481 e. The van der Waals surface area contributed by atoms with E-state index in [1.54, 1.807) is 83.5 Å². The van der Waals surface area contributed by atoms with Crippen molar-refractivity contribution < 1.29 is 27.0 Å². The number of halogens is 10. The van der Waals surface area contributed by atoms with E-state index >= 15 is 0 Å². The zero-order valence-corrected chi connectivity index (χ0v) is 42.2.